The molecule has 1 aromatic heterocycles. The fraction of sp³-hybridized carbons (Fsp3) is 0.0769. The molecule has 0 radical (unpaired) electrons. The molecule has 0 spiro atoms. The van der Waals surface area contributed by atoms with E-state index in [4.69, 9.17) is 28.3 Å². The number of nitrogens with one attached hydrogen (secondary N) is 1. The molecule has 6 heteroatoms. The monoisotopic (exact) mass is 296 g/mol. The summed E-state index contributed by atoms with van der Waals surface area (Å²) < 4.78 is 0. The summed E-state index contributed by atoms with van der Waals surface area (Å²) in [4.78, 5) is 15.0. The number of carbonyl (C=O) groups is 1. The maximum Gasteiger partial charge on any atom is 0.337 e. The quantitative estimate of drug-likeness (QED) is 0.903. The summed E-state index contributed by atoms with van der Waals surface area (Å²) in [6.45, 7) is 0.519. The van der Waals surface area contributed by atoms with Crippen LogP contribution in [0.1, 0.15) is 15.9 Å². The fourth-order valence-electron chi connectivity index (χ4n) is 1.49. The van der Waals surface area contributed by atoms with Crippen LogP contribution in [0.3, 0.4) is 0 Å². The minimum Gasteiger partial charge on any atom is -0.478 e. The van der Waals surface area contributed by atoms with Gasteiger partial charge in [-0.15, -0.1) is 0 Å². The van der Waals surface area contributed by atoms with Crippen molar-refractivity contribution in [1.29, 1.82) is 0 Å². The zero-order valence-corrected chi connectivity index (χ0v) is 11.2. The second-order valence-electron chi connectivity index (χ2n) is 3.83. The molecule has 4 nitrogen and oxygen atoms in total. The molecule has 98 valence electrons. The van der Waals surface area contributed by atoms with Gasteiger partial charge in [0, 0.05) is 17.8 Å². The van der Waals surface area contributed by atoms with Gasteiger partial charge in [-0.05, 0) is 23.8 Å². The molecular formula is C13H10Cl2N2O2. The van der Waals surface area contributed by atoms with E-state index in [2.05, 4.69) is 10.3 Å². The highest BCUT2D eigenvalue weighted by molar-refractivity contribution is 6.33. The maximum absolute atomic E-state index is 10.9. The summed E-state index contributed by atoms with van der Waals surface area (Å²) in [6, 6.07) is 8.74. The van der Waals surface area contributed by atoms with Crippen LogP contribution in [0.4, 0.5) is 5.82 Å². The third-order valence-electron chi connectivity index (χ3n) is 2.47. The number of hydrogen-bond acceptors (Lipinski definition) is 3. The predicted octanol–water partition coefficient (Wildman–Crippen LogP) is 3.70. The van der Waals surface area contributed by atoms with Crippen LogP contribution in [0, 0.1) is 0 Å². The molecule has 19 heavy (non-hydrogen) atoms. The summed E-state index contributed by atoms with van der Waals surface area (Å²) in [7, 11) is 0. The third-order valence-corrected chi connectivity index (χ3v) is 3.03. The fourth-order valence-corrected chi connectivity index (χ4v) is 1.80. The molecule has 2 N–H and O–H groups in total. The number of rotatable bonds is 4. The van der Waals surface area contributed by atoms with E-state index in [1.54, 1.807) is 12.1 Å². The van der Waals surface area contributed by atoms with Gasteiger partial charge in [0.1, 0.15) is 5.82 Å². The van der Waals surface area contributed by atoms with Gasteiger partial charge in [0.15, 0.2) is 0 Å². The van der Waals surface area contributed by atoms with E-state index in [0.29, 0.717) is 17.4 Å². The van der Waals surface area contributed by atoms with E-state index in [0.717, 1.165) is 5.56 Å². The molecule has 0 saturated carbocycles. The zero-order chi connectivity index (χ0) is 13.8. The zero-order valence-electron chi connectivity index (χ0n) is 9.73. The molecule has 2 rings (SSSR count). The van der Waals surface area contributed by atoms with Gasteiger partial charge in [-0.1, -0.05) is 35.3 Å². The SMILES string of the molecule is O=C(O)c1cc(NCc2ccc(Cl)cc2)ncc1Cl. The Morgan fingerprint density at radius 1 is 1.26 bits per heavy atom. The topological polar surface area (TPSA) is 62.2 Å². The van der Waals surface area contributed by atoms with E-state index in [9.17, 15) is 4.79 Å². The van der Waals surface area contributed by atoms with E-state index >= 15 is 0 Å². The van der Waals surface area contributed by atoms with Crippen LogP contribution >= 0.6 is 23.2 Å². The first-order valence-electron chi connectivity index (χ1n) is 5.43. The molecule has 0 aliphatic carbocycles. The van der Waals surface area contributed by atoms with E-state index in [-0.39, 0.29) is 10.6 Å². The van der Waals surface area contributed by atoms with Crippen molar-refractivity contribution in [3.8, 4) is 0 Å². The van der Waals surface area contributed by atoms with E-state index in [1.165, 1.54) is 12.3 Å². The average molecular weight is 297 g/mol. The normalized spacial score (nSPS) is 10.2. The molecule has 0 bridgehead atoms. The van der Waals surface area contributed by atoms with Crippen LogP contribution in [0.2, 0.25) is 10.0 Å². The lowest BCUT2D eigenvalue weighted by molar-refractivity contribution is 0.0697. The lowest BCUT2D eigenvalue weighted by Crippen LogP contribution is -2.04. The number of halogens is 2. The Morgan fingerprint density at radius 3 is 2.58 bits per heavy atom. The number of benzene rings is 1. The lowest BCUT2D eigenvalue weighted by atomic mass is 10.2. The van der Waals surface area contributed by atoms with E-state index in [1.807, 2.05) is 12.1 Å². The maximum atomic E-state index is 10.9. The number of anilines is 1. The molecular weight excluding hydrogens is 287 g/mol. The van der Waals surface area contributed by atoms with Crippen LogP contribution in [-0.4, -0.2) is 16.1 Å². The summed E-state index contributed by atoms with van der Waals surface area (Å²) in [5.41, 5.74) is 1.04. The average Bonchev–Trinajstić information content (AvgIpc) is 2.39. The number of carboxylic acids is 1. The van der Waals surface area contributed by atoms with Crippen LogP contribution in [0.15, 0.2) is 36.5 Å². The molecule has 1 aromatic carbocycles. The van der Waals surface area contributed by atoms with Gasteiger partial charge in [0.2, 0.25) is 0 Å². The van der Waals surface area contributed by atoms with Gasteiger partial charge < -0.3 is 10.4 Å². The first kappa shape index (κ1) is 13.6. The number of pyridine rings is 1. The molecule has 0 amide bonds. The Hall–Kier alpha value is -1.78. The van der Waals surface area contributed by atoms with Crippen molar-refractivity contribution < 1.29 is 9.90 Å². The Labute approximate surface area is 120 Å². The number of hydrogen-bond donors (Lipinski definition) is 2. The molecule has 0 aliphatic rings. The first-order chi connectivity index (χ1) is 9.06. The summed E-state index contributed by atoms with van der Waals surface area (Å²) in [5, 5.41) is 12.8. The second-order valence-corrected chi connectivity index (χ2v) is 4.68. The van der Waals surface area contributed by atoms with Crippen molar-refractivity contribution >= 4 is 35.0 Å². The number of carboxylic acid groups (broad SMARTS) is 1. The number of aromatic nitrogens is 1. The lowest BCUT2D eigenvalue weighted by Gasteiger charge is -2.07. The largest absolute Gasteiger partial charge is 0.478 e. The highest BCUT2D eigenvalue weighted by Crippen LogP contribution is 2.18. The summed E-state index contributed by atoms with van der Waals surface area (Å²) in [6.07, 6.45) is 1.31. The molecule has 0 atom stereocenters. The first-order valence-corrected chi connectivity index (χ1v) is 6.19. The van der Waals surface area contributed by atoms with Crippen molar-refractivity contribution in [2.24, 2.45) is 0 Å². The van der Waals surface area contributed by atoms with Gasteiger partial charge in [0.05, 0.1) is 10.6 Å². The molecule has 2 aromatic rings. The van der Waals surface area contributed by atoms with E-state index < -0.39 is 5.97 Å². The van der Waals surface area contributed by atoms with Gasteiger partial charge in [-0.25, -0.2) is 9.78 Å². The second kappa shape index (κ2) is 5.91. The van der Waals surface area contributed by atoms with Gasteiger partial charge >= 0.3 is 5.97 Å². The molecule has 0 fully saturated rings. The summed E-state index contributed by atoms with van der Waals surface area (Å²) in [5.74, 6) is -0.626. The Morgan fingerprint density at radius 2 is 1.95 bits per heavy atom. The van der Waals surface area contributed by atoms with Crippen molar-refractivity contribution in [1.82, 2.24) is 4.98 Å². The van der Waals surface area contributed by atoms with Crippen molar-refractivity contribution in [2.45, 2.75) is 6.54 Å². The Balaban J connectivity index is 2.09. The standard InChI is InChI=1S/C13H10Cl2N2O2/c14-9-3-1-8(2-4-9)6-16-12-5-10(13(18)19)11(15)7-17-12/h1-5,7H,6H2,(H,16,17)(H,18,19). The van der Waals surface area contributed by atoms with Crippen molar-refractivity contribution in [2.75, 3.05) is 5.32 Å². The minimum atomic E-state index is -1.08. The molecule has 1 heterocycles. The van der Waals surface area contributed by atoms with Crippen LogP contribution < -0.4 is 5.32 Å². The minimum absolute atomic E-state index is 0.0234. The Bertz CT molecular complexity index is 600. The van der Waals surface area contributed by atoms with Gasteiger partial charge in [0.25, 0.3) is 0 Å². The third kappa shape index (κ3) is 3.59. The number of nitrogens with zero attached hydrogens (tertiary/aromatic N) is 1. The van der Waals surface area contributed by atoms with Crippen LogP contribution in [0.25, 0.3) is 0 Å². The summed E-state index contributed by atoms with van der Waals surface area (Å²) >= 11 is 11.5. The smallest absolute Gasteiger partial charge is 0.337 e. The molecule has 0 aliphatic heterocycles. The predicted molar refractivity (Wildman–Crippen MR) is 75.0 cm³/mol. The van der Waals surface area contributed by atoms with Gasteiger partial charge in [-0.3, -0.25) is 0 Å². The molecule has 0 saturated heterocycles. The van der Waals surface area contributed by atoms with Gasteiger partial charge in [-0.2, -0.15) is 0 Å². The van der Waals surface area contributed by atoms with Crippen LogP contribution in [-0.2, 0) is 6.54 Å². The highest BCUT2D eigenvalue weighted by atomic mass is 35.5. The highest BCUT2D eigenvalue weighted by Gasteiger charge is 2.10. The number of aromatic carboxylic acids is 1. The Kier molecular flexibility index (Phi) is 4.24. The van der Waals surface area contributed by atoms with Crippen molar-refractivity contribution in [3.63, 3.8) is 0 Å². The molecule has 0 unspecified atom stereocenters. The van der Waals surface area contributed by atoms with Crippen molar-refractivity contribution in [3.05, 3.63) is 57.7 Å². The van der Waals surface area contributed by atoms with Crippen LogP contribution in [0.5, 0.6) is 0 Å².